The third-order valence-electron chi connectivity index (χ3n) is 3.31. The summed E-state index contributed by atoms with van der Waals surface area (Å²) in [5.74, 6) is -0.876. The maximum atomic E-state index is 12.3. The van der Waals surface area contributed by atoms with Gasteiger partial charge in [-0.3, -0.25) is 19.4 Å². The summed E-state index contributed by atoms with van der Waals surface area (Å²) < 4.78 is 0. The summed E-state index contributed by atoms with van der Waals surface area (Å²) in [5, 5.41) is 3.61. The van der Waals surface area contributed by atoms with Gasteiger partial charge in [0.1, 0.15) is 0 Å². The summed E-state index contributed by atoms with van der Waals surface area (Å²) >= 11 is 5.54. The number of imide groups is 1. The molecule has 0 atom stereocenters. The monoisotopic (exact) mass is 337 g/mol. The van der Waals surface area contributed by atoms with Crippen molar-refractivity contribution in [3.05, 3.63) is 35.4 Å². The van der Waals surface area contributed by atoms with Gasteiger partial charge in [0.25, 0.3) is 11.8 Å². The van der Waals surface area contributed by atoms with E-state index in [0.717, 1.165) is 10.0 Å². The number of hydrogen-bond acceptors (Lipinski definition) is 4. The number of carbonyl (C=O) groups excluding carboxylic acids is 3. The van der Waals surface area contributed by atoms with Crippen LogP contribution in [0.3, 0.4) is 0 Å². The Balaban J connectivity index is 2.09. The van der Waals surface area contributed by atoms with E-state index in [2.05, 4.69) is 10.3 Å². The third-order valence-corrected chi connectivity index (χ3v) is 3.51. The first kappa shape index (κ1) is 16.8. The molecule has 2 rings (SSSR count). The highest BCUT2D eigenvalue weighted by atomic mass is 35.5. The molecular formula is C14H16ClN5O3. The molecule has 0 aromatic heterocycles. The van der Waals surface area contributed by atoms with Crippen LogP contribution in [0.25, 0.3) is 0 Å². The number of amides is 3. The van der Waals surface area contributed by atoms with Crippen LogP contribution in [0.15, 0.2) is 29.3 Å². The Hall–Kier alpha value is -2.61. The summed E-state index contributed by atoms with van der Waals surface area (Å²) in [6, 6.07) is 6.37. The van der Waals surface area contributed by atoms with Crippen LogP contribution in [0.1, 0.15) is 27.1 Å². The Bertz CT molecular complexity index is 641. The predicted molar refractivity (Wildman–Crippen MR) is 85.1 cm³/mol. The topological polar surface area (TPSA) is 108 Å². The van der Waals surface area contributed by atoms with Crippen molar-refractivity contribution in [2.45, 2.75) is 6.42 Å². The summed E-state index contributed by atoms with van der Waals surface area (Å²) in [6.45, 7) is 0.491. The minimum Gasteiger partial charge on any atom is -0.370 e. The van der Waals surface area contributed by atoms with Gasteiger partial charge in [-0.2, -0.15) is 5.01 Å². The van der Waals surface area contributed by atoms with Crippen molar-refractivity contribution in [1.82, 2.24) is 15.3 Å². The second-order valence-electron chi connectivity index (χ2n) is 4.73. The SMILES string of the molecule is CN=C(N)NCCCN(C(=O)Cl)N1C(=O)c2ccccc2C1=O. The zero-order valence-corrected chi connectivity index (χ0v) is 13.2. The molecule has 1 heterocycles. The highest BCUT2D eigenvalue weighted by Crippen LogP contribution is 2.24. The number of guanidine groups is 1. The summed E-state index contributed by atoms with van der Waals surface area (Å²) in [5.41, 5.74) is 5.99. The molecular weight excluding hydrogens is 322 g/mol. The number of fused-ring (bicyclic) bond motifs is 1. The smallest absolute Gasteiger partial charge is 0.335 e. The fourth-order valence-electron chi connectivity index (χ4n) is 2.19. The number of benzene rings is 1. The fourth-order valence-corrected chi connectivity index (χ4v) is 2.35. The van der Waals surface area contributed by atoms with E-state index in [1.54, 1.807) is 12.1 Å². The number of carbonyl (C=O) groups is 3. The van der Waals surface area contributed by atoms with Crippen LogP contribution in [0, 0.1) is 0 Å². The maximum absolute atomic E-state index is 12.3. The lowest BCUT2D eigenvalue weighted by Crippen LogP contribution is -2.48. The van der Waals surface area contributed by atoms with Crippen molar-refractivity contribution in [2.24, 2.45) is 10.7 Å². The number of nitrogens with two attached hydrogens (primary N) is 1. The summed E-state index contributed by atoms with van der Waals surface area (Å²) in [6.07, 6.45) is 0.419. The zero-order valence-electron chi connectivity index (χ0n) is 12.5. The molecule has 122 valence electrons. The van der Waals surface area contributed by atoms with Gasteiger partial charge in [0, 0.05) is 20.1 Å². The molecule has 3 N–H and O–H groups in total. The van der Waals surface area contributed by atoms with E-state index in [9.17, 15) is 14.4 Å². The normalized spacial score (nSPS) is 14.0. The Morgan fingerprint density at radius 1 is 1.30 bits per heavy atom. The molecule has 0 saturated heterocycles. The Kier molecular flexibility index (Phi) is 5.17. The van der Waals surface area contributed by atoms with E-state index in [1.807, 2.05) is 0 Å². The van der Waals surface area contributed by atoms with E-state index >= 15 is 0 Å². The maximum Gasteiger partial charge on any atom is 0.335 e. The van der Waals surface area contributed by atoms with Crippen molar-refractivity contribution in [3.63, 3.8) is 0 Å². The van der Waals surface area contributed by atoms with E-state index in [1.165, 1.54) is 19.2 Å². The lowest BCUT2D eigenvalue weighted by Gasteiger charge is -2.27. The number of hydrogen-bond donors (Lipinski definition) is 2. The second-order valence-corrected chi connectivity index (χ2v) is 5.06. The predicted octanol–water partition coefficient (Wildman–Crippen LogP) is 0.783. The molecule has 0 unspecified atom stereocenters. The number of rotatable bonds is 5. The standard InChI is InChI=1S/C14H16ClN5O3/c1-17-14(16)18-7-4-8-19(13(15)23)20-11(21)9-5-2-3-6-10(9)12(20)22/h2-3,5-6H,4,7-8H2,1H3,(H3,16,17,18). The third kappa shape index (κ3) is 3.42. The number of halogens is 1. The van der Waals surface area contributed by atoms with Gasteiger partial charge in [-0.25, -0.2) is 5.01 Å². The average Bonchev–Trinajstić information content (AvgIpc) is 2.79. The molecule has 3 amide bonds. The van der Waals surface area contributed by atoms with Crippen LogP contribution < -0.4 is 11.1 Å². The lowest BCUT2D eigenvalue weighted by molar-refractivity contribution is 0.0224. The van der Waals surface area contributed by atoms with Gasteiger partial charge in [0.15, 0.2) is 5.96 Å². The van der Waals surface area contributed by atoms with Crippen molar-refractivity contribution in [1.29, 1.82) is 0 Å². The quantitative estimate of drug-likeness (QED) is 0.206. The van der Waals surface area contributed by atoms with Gasteiger partial charge in [0.05, 0.1) is 11.1 Å². The number of hydrazine groups is 1. The van der Waals surface area contributed by atoms with Crippen molar-refractivity contribution >= 4 is 34.7 Å². The molecule has 0 aliphatic carbocycles. The summed E-state index contributed by atoms with van der Waals surface area (Å²) in [4.78, 5) is 40.0. The molecule has 0 spiro atoms. The Morgan fingerprint density at radius 3 is 2.35 bits per heavy atom. The van der Waals surface area contributed by atoms with Crippen LogP contribution in [0.5, 0.6) is 0 Å². The van der Waals surface area contributed by atoms with Gasteiger partial charge in [-0.15, -0.1) is 0 Å². The van der Waals surface area contributed by atoms with E-state index in [4.69, 9.17) is 17.3 Å². The molecule has 1 aromatic carbocycles. The number of aliphatic imine (C=N–C) groups is 1. The molecule has 0 radical (unpaired) electrons. The molecule has 1 aromatic rings. The van der Waals surface area contributed by atoms with Crippen LogP contribution >= 0.6 is 11.6 Å². The zero-order chi connectivity index (χ0) is 17.0. The van der Waals surface area contributed by atoms with E-state index < -0.39 is 17.2 Å². The van der Waals surface area contributed by atoms with Crippen LogP contribution in [0.2, 0.25) is 0 Å². The first-order valence-electron chi connectivity index (χ1n) is 6.88. The molecule has 0 bridgehead atoms. The Labute approximate surface area is 137 Å². The van der Waals surface area contributed by atoms with Crippen LogP contribution in [-0.4, -0.2) is 53.3 Å². The fraction of sp³-hybridized carbons (Fsp3) is 0.286. The average molecular weight is 338 g/mol. The molecule has 1 aliphatic heterocycles. The minimum absolute atomic E-state index is 0.0811. The van der Waals surface area contributed by atoms with Gasteiger partial charge < -0.3 is 11.1 Å². The first-order valence-corrected chi connectivity index (χ1v) is 7.26. The first-order chi connectivity index (χ1) is 11.0. The summed E-state index contributed by atoms with van der Waals surface area (Å²) in [7, 11) is 1.54. The van der Waals surface area contributed by atoms with E-state index in [0.29, 0.717) is 13.0 Å². The lowest BCUT2D eigenvalue weighted by atomic mass is 10.1. The van der Waals surface area contributed by atoms with Crippen LogP contribution in [0.4, 0.5) is 4.79 Å². The molecule has 0 fully saturated rings. The van der Waals surface area contributed by atoms with Gasteiger partial charge in [0.2, 0.25) is 0 Å². The largest absolute Gasteiger partial charge is 0.370 e. The number of nitrogens with zero attached hydrogens (tertiary/aromatic N) is 3. The second kappa shape index (κ2) is 7.10. The minimum atomic E-state index is -0.906. The molecule has 8 nitrogen and oxygen atoms in total. The van der Waals surface area contributed by atoms with Crippen molar-refractivity contribution in [3.8, 4) is 0 Å². The van der Waals surface area contributed by atoms with Gasteiger partial charge >= 0.3 is 5.37 Å². The highest BCUT2D eigenvalue weighted by Gasteiger charge is 2.40. The Morgan fingerprint density at radius 2 is 1.87 bits per heavy atom. The molecule has 23 heavy (non-hydrogen) atoms. The highest BCUT2D eigenvalue weighted by molar-refractivity contribution is 6.63. The van der Waals surface area contributed by atoms with Gasteiger partial charge in [-0.1, -0.05) is 12.1 Å². The van der Waals surface area contributed by atoms with Crippen LogP contribution in [-0.2, 0) is 0 Å². The van der Waals surface area contributed by atoms with Gasteiger partial charge in [-0.05, 0) is 30.2 Å². The van der Waals surface area contributed by atoms with Crippen molar-refractivity contribution < 1.29 is 14.4 Å². The number of nitrogens with one attached hydrogen (secondary N) is 1. The van der Waals surface area contributed by atoms with Crippen molar-refractivity contribution in [2.75, 3.05) is 20.1 Å². The molecule has 1 aliphatic rings. The molecule has 9 heteroatoms. The molecule has 0 saturated carbocycles. The van der Waals surface area contributed by atoms with E-state index in [-0.39, 0.29) is 23.6 Å².